The Morgan fingerprint density at radius 3 is 2.50 bits per heavy atom. The van der Waals surface area contributed by atoms with E-state index in [0.717, 1.165) is 23.0 Å². The maximum Gasteiger partial charge on any atom is 1.00 e. The van der Waals surface area contributed by atoms with Crippen molar-refractivity contribution in [1.29, 1.82) is 0 Å². The number of hydrogen-bond acceptors (Lipinski definition) is 10. The Labute approximate surface area is 171 Å². The predicted molar refractivity (Wildman–Crippen MR) is 85.0 cm³/mol. The van der Waals surface area contributed by atoms with Crippen LogP contribution in [0.15, 0.2) is 33.1 Å². The van der Waals surface area contributed by atoms with Crippen molar-refractivity contribution in [2.75, 3.05) is 11.3 Å². The van der Waals surface area contributed by atoms with Gasteiger partial charge in [-0.25, -0.2) is 18.5 Å². The zero-order valence-corrected chi connectivity index (χ0v) is 17.3. The molecule has 0 unspecified atom stereocenters. The molecule has 1 aromatic heterocycles. The fourth-order valence-corrected chi connectivity index (χ4v) is 3.07. The molecule has 4 N–H and O–H groups in total. The third kappa shape index (κ3) is 5.23. The van der Waals surface area contributed by atoms with E-state index in [9.17, 15) is 25.9 Å². The van der Waals surface area contributed by atoms with E-state index in [1.54, 1.807) is 0 Å². The molecule has 0 aliphatic heterocycles. The van der Waals surface area contributed by atoms with Crippen LogP contribution in [0.25, 0.3) is 0 Å². The molecule has 1 heterocycles. The maximum absolute atomic E-state index is 11.4. The van der Waals surface area contributed by atoms with Crippen molar-refractivity contribution >= 4 is 32.4 Å². The van der Waals surface area contributed by atoms with Crippen molar-refractivity contribution in [3.05, 3.63) is 29.6 Å². The summed E-state index contributed by atoms with van der Waals surface area (Å²) < 4.78 is 66.1. The van der Waals surface area contributed by atoms with Gasteiger partial charge in [0.1, 0.15) is 15.0 Å². The average Bonchev–Trinajstić information content (AvgIpc) is 2.86. The van der Waals surface area contributed by atoms with Gasteiger partial charge >= 0.3 is 29.6 Å². The number of aryl methyl sites for hydroxylation is 1. The molecule has 1 aromatic carbocycles. The van der Waals surface area contributed by atoms with Crippen LogP contribution >= 0.6 is 0 Å². The molecule has 2 rings (SSSR count). The molecule has 0 spiro atoms. The molecular formula is C11H13N6NaO6S2. The number of benzene rings is 1. The first-order valence-corrected chi connectivity index (χ1v) is 9.44. The molecule has 0 atom stereocenters. The Bertz CT molecular complexity index is 1030. The summed E-state index contributed by atoms with van der Waals surface area (Å²) in [6, 6.07) is 2.43. The summed E-state index contributed by atoms with van der Waals surface area (Å²) in [7, 11) is -9.69. The van der Waals surface area contributed by atoms with E-state index < -0.39 is 30.0 Å². The first kappa shape index (κ1) is 22.5. The number of hydrogen-bond donors (Lipinski definition) is 3. The minimum absolute atomic E-state index is 0. The predicted octanol–water partition coefficient (Wildman–Crippen LogP) is -3.84. The van der Waals surface area contributed by atoms with Gasteiger partial charge in [-0.2, -0.15) is 13.5 Å². The van der Waals surface area contributed by atoms with Gasteiger partial charge in [-0.15, -0.1) is 10.2 Å². The van der Waals surface area contributed by atoms with Crippen molar-refractivity contribution in [2.24, 2.45) is 5.10 Å². The molecule has 0 saturated heterocycles. The molecule has 0 saturated carbocycles. The van der Waals surface area contributed by atoms with Crippen LogP contribution in [0.1, 0.15) is 18.3 Å². The van der Waals surface area contributed by atoms with Gasteiger partial charge in [-0.05, 0) is 12.1 Å². The van der Waals surface area contributed by atoms with Crippen LogP contribution in [0, 0.1) is 0 Å². The molecule has 0 amide bonds. The Balaban J connectivity index is 0.00000338. The maximum atomic E-state index is 11.4. The number of nitrogen functional groups attached to an aromatic ring is 1. The van der Waals surface area contributed by atoms with Crippen LogP contribution in [0.3, 0.4) is 0 Å². The van der Waals surface area contributed by atoms with Crippen molar-refractivity contribution in [2.45, 2.75) is 23.1 Å². The Kier molecular flexibility index (Phi) is 7.29. The average molecular weight is 412 g/mol. The van der Waals surface area contributed by atoms with Gasteiger partial charge in [0.15, 0.2) is 5.82 Å². The summed E-state index contributed by atoms with van der Waals surface area (Å²) in [4.78, 5) is -1.60. The Morgan fingerprint density at radius 2 is 2.00 bits per heavy atom. The molecule has 12 nitrogen and oxygen atoms in total. The largest absolute Gasteiger partial charge is 1.00 e. The summed E-state index contributed by atoms with van der Waals surface area (Å²) in [6.07, 6.45) is 1.50. The minimum atomic E-state index is -4.90. The molecule has 15 heteroatoms. The summed E-state index contributed by atoms with van der Waals surface area (Å²) >= 11 is 0. The van der Waals surface area contributed by atoms with E-state index in [1.165, 1.54) is 0 Å². The second-order valence-corrected chi connectivity index (χ2v) is 7.43. The third-order valence-corrected chi connectivity index (χ3v) is 4.74. The second-order valence-electron chi connectivity index (χ2n) is 4.66. The Hall–Kier alpha value is -1.55. The molecule has 0 aliphatic carbocycles. The van der Waals surface area contributed by atoms with Crippen LogP contribution in [0.4, 0.5) is 5.95 Å². The van der Waals surface area contributed by atoms with E-state index in [1.807, 2.05) is 6.92 Å². The van der Waals surface area contributed by atoms with Crippen LogP contribution in [-0.2, 0) is 26.7 Å². The van der Waals surface area contributed by atoms with Gasteiger partial charge in [0, 0.05) is 12.0 Å². The molecule has 136 valence electrons. The van der Waals surface area contributed by atoms with Crippen LogP contribution in [0.2, 0.25) is 0 Å². The Morgan fingerprint density at radius 1 is 1.35 bits per heavy atom. The van der Waals surface area contributed by atoms with Gasteiger partial charge in [0.25, 0.3) is 16.1 Å². The minimum Gasteiger partial charge on any atom is -0.744 e. The fourth-order valence-electron chi connectivity index (χ4n) is 1.80. The molecular weight excluding hydrogens is 399 g/mol. The van der Waals surface area contributed by atoms with Crippen LogP contribution in [0.5, 0.6) is 0 Å². The monoisotopic (exact) mass is 412 g/mol. The summed E-state index contributed by atoms with van der Waals surface area (Å²) in [5, 5.41) is 11.2. The summed E-state index contributed by atoms with van der Waals surface area (Å²) in [5.41, 5.74) is 2.25. The first-order chi connectivity index (χ1) is 11.5. The number of hydrazone groups is 1. The van der Waals surface area contributed by atoms with Gasteiger partial charge < -0.3 is 10.4 Å². The van der Waals surface area contributed by atoms with Crippen molar-refractivity contribution < 1.29 is 55.5 Å². The topological polar surface area (TPSA) is 193 Å². The zero-order valence-electron chi connectivity index (χ0n) is 13.7. The molecule has 0 bridgehead atoms. The van der Waals surface area contributed by atoms with Crippen molar-refractivity contribution in [3.63, 3.8) is 0 Å². The number of nitrogens with two attached hydrogens (primary N) is 1. The number of anilines is 1. The van der Waals surface area contributed by atoms with Gasteiger partial charge in [-0.1, -0.05) is 13.0 Å². The smallest absolute Gasteiger partial charge is 0.744 e. The number of aromatic nitrogens is 3. The molecule has 2 aromatic rings. The number of rotatable bonds is 6. The van der Waals surface area contributed by atoms with Gasteiger partial charge in [-0.3, -0.25) is 4.55 Å². The second kappa shape index (κ2) is 8.43. The fraction of sp³-hybridized carbons (Fsp3) is 0.182. The molecule has 0 fully saturated rings. The molecule has 0 aliphatic rings. The quantitative estimate of drug-likeness (QED) is 0.139. The summed E-state index contributed by atoms with van der Waals surface area (Å²) in [6.45, 7) is 1.81. The normalized spacial score (nSPS) is 12.1. The molecule has 0 radical (unpaired) electrons. The SMILES string of the molecule is CCc1nnc(NN=Cc2ccc(S(=O)(=O)[O-])cc2S(=O)(=O)O)n1N.[Na+]. The van der Waals surface area contributed by atoms with E-state index >= 15 is 0 Å². The summed E-state index contributed by atoms with van der Waals surface area (Å²) in [5.74, 6) is 6.22. The van der Waals surface area contributed by atoms with E-state index in [0.29, 0.717) is 18.3 Å². The van der Waals surface area contributed by atoms with Gasteiger partial charge in [0.05, 0.1) is 11.1 Å². The standard InChI is InChI=1S/C11H14N6O6S2.Na/c1-2-10-14-16-11(17(10)12)15-13-6-7-3-4-8(24(18,19)20)5-9(7)25(21,22)23;/h3-6H,2,12H2,1H3,(H,15,16)(H,18,19,20)(H,21,22,23);/q;+1/p-1. The van der Waals surface area contributed by atoms with Crippen LogP contribution in [-0.4, -0.2) is 47.0 Å². The number of nitrogens with zero attached hydrogens (tertiary/aromatic N) is 4. The third-order valence-electron chi connectivity index (χ3n) is 3.00. The molecule has 26 heavy (non-hydrogen) atoms. The first-order valence-electron chi connectivity index (χ1n) is 6.60. The van der Waals surface area contributed by atoms with Crippen LogP contribution < -0.4 is 40.8 Å². The van der Waals surface area contributed by atoms with Crippen molar-refractivity contribution in [1.82, 2.24) is 14.9 Å². The van der Waals surface area contributed by atoms with Crippen molar-refractivity contribution in [3.8, 4) is 0 Å². The van der Waals surface area contributed by atoms with E-state index in [-0.39, 0.29) is 41.1 Å². The zero-order chi connectivity index (χ0) is 18.8. The van der Waals surface area contributed by atoms with E-state index in [2.05, 4.69) is 20.7 Å². The number of nitrogens with one attached hydrogen (secondary N) is 1. The van der Waals surface area contributed by atoms with Gasteiger partial charge in [0.2, 0.25) is 0 Å². The van der Waals surface area contributed by atoms with E-state index in [4.69, 9.17) is 5.84 Å².